The van der Waals surface area contributed by atoms with E-state index in [-0.39, 0.29) is 6.42 Å². The lowest BCUT2D eigenvalue weighted by atomic mass is 9.71. The monoisotopic (exact) mass is 377 g/mol. The van der Waals surface area contributed by atoms with Crippen LogP contribution in [0.3, 0.4) is 0 Å². The van der Waals surface area contributed by atoms with Crippen LogP contribution in [0, 0.1) is 11.3 Å². The number of hydrazine groups is 1. The first-order valence-electron chi connectivity index (χ1n) is 7.24. The van der Waals surface area contributed by atoms with Gasteiger partial charge >= 0.3 is 5.91 Å². The van der Waals surface area contributed by atoms with Crippen molar-refractivity contribution in [2.24, 2.45) is 11.3 Å². The molecular weight excluding hydrogens is 357 g/mol. The number of nitrogens with zero attached hydrogens (tertiary/aromatic N) is 1. The van der Waals surface area contributed by atoms with Crippen LogP contribution in [0.15, 0.2) is 12.5 Å². The topological polar surface area (TPSA) is 70.7 Å². The van der Waals surface area contributed by atoms with Crippen molar-refractivity contribution in [2.75, 3.05) is 0 Å². The van der Waals surface area contributed by atoms with Crippen molar-refractivity contribution in [2.45, 2.75) is 50.3 Å². The molecule has 124 valence electrons. The van der Waals surface area contributed by atoms with E-state index in [1.807, 2.05) is 20.8 Å². The normalized spacial score (nSPS) is 34.4. The SMILES string of the molecule is CCC(C)(C)C1N[C@@H](Br)C(CC=O)[C@@]1(F)C(=O)N1NC=CO1. The molecule has 0 aromatic heterocycles. The number of carbonyl (C=O) groups is 2. The summed E-state index contributed by atoms with van der Waals surface area (Å²) in [5.74, 6) is -1.66. The molecule has 2 N–H and O–H groups in total. The summed E-state index contributed by atoms with van der Waals surface area (Å²) in [6.45, 7) is 5.73. The summed E-state index contributed by atoms with van der Waals surface area (Å²) in [4.78, 5) is 28.2. The molecule has 0 saturated carbocycles. The number of amides is 1. The number of hydroxylamine groups is 1. The molecule has 0 bridgehead atoms. The van der Waals surface area contributed by atoms with Crippen LogP contribution in [0.4, 0.5) is 4.39 Å². The van der Waals surface area contributed by atoms with Crippen molar-refractivity contribution in [1.29, 1.82) is 0 Å². The lowest BCUT2D eigenvalue weighted by molar-refractivity contribution is -0.190. The third kappa shape index (κ3) is 2.62. The molecule has 2 unspecified atom stereocenters. The molecule has 1 amide bonds. The average Bonchev–Trinajstić information content (AvgIpc) is 3.09. The highest BCUT2D eigenvalue weighted by Gasteiger charge is 2.65. The van der Waals surface area contributed by atoms with Gasteiger partial charge in [-0.25, -0.2) is 4.39 Å². The third-order valence-electron chi connectivity index (χ3n) is 4.62. The number of alkyl halides is 2. The van der Waals surface area contributed by atoms with Gasteiger partial charge in [-0.05, 0) is 11.8 Å². The fourth-order valence-electron chi connectivity index (χ4n) is 2.98. The standard InChI is InChI=1S/C14H21BrFN3O3/c1-4-13(2,3)11-14(16,9(5-7-20)10(15)18-11)12(21)19-17-6-8-22-19/h6-11,17-18H,4-5H2,1-3H3/t9?,10-,11?,14+/m1/s1. The van der Waals surface area contributed by atoms with Gasteiger partial charge in [-0.15, -0.1) is 0 Å². The Bertz CT molecular complexity index is 480. The van der Waals surface area contributed by atoms with Crippen LogP contribution in [-0.2, 0) is 14.4 Å². The third-order valence-corrected chi connectivity index (χ3v) is 5.52. The molecule has 0 aromatic carbocycles. The molecule has 6 nitrogen and oxygen atoms in total. The number of rotatable bonds is 5. The Labute approximate surface area is 137 Å². The van der Waals surface area contributed by atoms with Crippen molar-refractivity contribution in [3.05, 3.63) is 12.5 Å². The predicted octanol–water partition coefficient (Wildman–Crippen LogP) is 1.78. The van der Waals surface area contributed by atoms with Crippen molar-refractivity contribution in [1.82, 2.24) is 15.9 Å². The van der Waals surface area contributed by atoms with Crippen LogP contribution in [0.2, 0.25) is 0 Å². The van der Waals surface area contributed by atoms with Gasteiger partial charge in [0, 0.05) is 12.3 Å². The van der Waals surface area contributed by atoms with Gasteiger partial charge in [0.1, 0.15) is 12.5 Å². The van der Waals surface area contributed by atoms with Gasteiger partial charge in [-0.3, -0.25) is 15.5 Å². The highest BCUT2D eigenvalue weighted by Crippen LogP contribution is 2.48. The summed E-state index contributed by atoms with van der Waals surface area (Å²) in [7, 11) is 0. The molecule has 2 aliphatic heterocycles. The highest BCUT2D eigenvalue weighted by atomic mass is 79.9. The van der Waals surface area contributed by atoms with Crippen LogP contribution in [0.5, 0.6) is 0 Å². The Morgan fingerprint density at radius 2 is 2.27 bits per heavy atom. The first kappa shape index (κ1) is 17.2. The minimum absolute atomic E-state index is 0.0667. The zero-order chi connectivity index (χ0) is 16.5. The van der Waals surface area contributed by atoms with Crippen molar-refractivity contribution >= 4 is 28.1 Å². The lowest BCUT2D eigenvalue weighted by Gasteiger charge is -2.40. The number of halogens is 2. The molecule has 2 rings (SSSR count). The Morgan fingerprint density at radius 1 is 1.59 bits per heavy atom. The van der Waals surface area contributed by atoms with Gasteiger partial charge in [0.05, 0.1) is 17.2 Å². The Balaban J connectivity index is 2.41. The Morgan fingerprint density at radius 3 is 2.77 bits per heavy atom. The second kappa shape index (κ2) is 6.16. The zero-order valence-corrected chi connectivity index (χ0v) is 14.4. The average molecular weight is 378 g/mol. The summed E-state index contributed by atoms with van der Waals surface area (Å²) in [5.41, 5.74) is -0.220. The van der Waals surface area contributed by atoms with Crippen LogP contribution >= 0.6 is 15.9 Å². The fourth-order valence-corrected chi connectivity index (χ4v) is 3.85. The van der Waals surface area contributed by atoms with E-state index < -0.39 is 33.9 Å². The molecule has 8 heteroatoms. The molecule has 1 fully saturated rings. The van der Waals surface area contributed by atoms with E-state index in [2.05, 4.69) is 26.7 Å². The van der Waals surface area contributed by atoms with Crippen molar-refractivity contribution < 1.29 is 18.8 Å². The van der Waals surface area contributed by atoms with Crippen LogP contribution in [-0.4, -0.2) is 34.0 Å². The van der Waals surface area contributed by atoms with Crippen LogP contribution in [0.25, 0.3) is 0 Å². The molecule has 0 radical (unpaired) electrons. The van der Waals surface area contributed by atoms with Crippen LogP contribution < -0.4 is 10.7 Å². The highest BCUT2D eigenvalue weighted by molar-refractivity contribution is 9.09. The molecule has 0 aromatic rings. The maximum absolute atomic E-state index is 16.0. The Hall–Kier alpha value is -1.15. The number of carbonyl (C=O) groups excluding carboxylic acids is 2. The molecule has 0 aliphatic carbocycles. The number of hydrogen-bond donors (Lipinski definition) is 2. The fraction of sp³-hybridized carbons (Fsp3) is 0.714. The van der Waals surface area contributed by atoms with Crippen molar-refractivity contribution in [3.63, 3.8) is 0 Å². The molecular formula is C14H21BrFN3O3. The quantitative estimate of drug-likeness (QED) is 0.434. The second-order valence-corrected chi connectivity index (χ2v) is 7.24. The smallest absolute Gasteiger partial charge is 0.316 e. The number of aldehydes is 1. The number of hydrogen-bond acceptors (Lipinski definition) is 5. The van der Waals surface area contributed by atoms with Gasteiger partial charge in [-0.1, -0.05) is 41.9 Å². The Kier molecular flexibility index (Phi) is 4.81. The molecule has 2 aliphatic rings. The molecule has 0 spiro atoms. The van der Waals surface area contributed by atoms with Crippen LogP contribution in [0.1, 0.15) is 33.6 Å². The minimum atomic E-state index is -2.27. The van der Waals surface area contributed by atoms with E-state index in [1.165, 1.54) is 12.5 Å². The van der Waals surface area contributed by atoms with E-state index >= 15 is 4.39 Å². The first-order valence-corrected chi connectivity index (χ1v) is 8.15. The summed E-state index contributed by atoms with van der Waals surface area (Å²) < 4.78 is 16.0. The lowest BCUT2D eigenvalue weighted by Crippen LogP contribution is -2.60. The van der Waals surface area contributed by atoms with Gasteiger partial charge in [0.2, 0.25) is 5.67 Å². The van der Waals surface area contributed by atoms with Gasteiger partial charge in [0.25, 0.3) is 0 Å². The van der Waals surface area contributed by atoms with E-state index in [0.717, 1.165) is 5.17 Å². The predicted molar refractivity (Wildman–Crippen MR) is 81.9 cm³/mol. The molecule has 2 heterocycles. The molecule has 22 heavy (non-hydrogen) atoms. The summed E-state index contributed by atoms with van der Waals surface area (Å²) in [6.07, 6.45) is 3.89. The molecule has 1 saturated heterocycles. The maximum Gasteiger partial charge on any atom is 0.316 e. The van der Waals surface area contributed by atoms with E-state index in [4.69, 9.17) is 4.84 Å². The summed E-state index contributed by atoms with van der Waals surface area (Å²) in [6, 6.07) is -0.752. The number of nitrogens with one attached hydrogen (secondary N) is 2. The first-order chi connectivity index (χ1) is 10.3. The zero-order valence-electron chi connectivity index (χ0n) is 12.8. The van der Waals surface area contributed by atoms with E-state index in [0.29, 0.717) is 12.7 Å². The maximum atomic E-state index is 16.0. The summed E-state index contributed by atoms with van der Waals surface area (Å²) in [5, 5.41) is 3.87. The van der Waals surface area contributed by atoms with Gasteiger partial charge < -0.3 is 9.63 Å². The van der Waals surface area contributed by atoms with E-state index in [1.54, 1.807) is 0 Å². The van der Waals surface area contributed by atoms with E-state index in [9.17, 15) is 9.59 Å². The second-order valence-electron chi connectivity index (χ2n) is 6.26. The van der Waals surface area contributed by atoms with Crippen molar-refractivity contribution in [3.8, 4) is 0 Å². The minimum Gasteiger partial charge on any atom is -0.363 e. The largest absolute Gasteiger partial charge is 0.363 e. The van der Waals surface area contributed by atoms with Gasteiger partial charge in [0.15, 0.2) is 0 Å². The van der Waals surface area contributed by atoms with Gasteiger partial charge in [-0.2, -0.15) is 0 Å². The summed E-state index contributed by atoms with van der Waals surface area (Å²) >= 11 is 3.36. The molecule has 4 atom stereocenters.